The second kappa shape index (κ2) is 8.89. The van der Waals surface area contributed by atoms with E-state index in [1.54, 1.807) is 17.8 Å². The first-order chi connectivity index (χ1) is 12.4. The molecule has 0 spiro atoms. The summed E-state index contributed by atoms with van der Waals surface area (Å²) < 4.78 is 1.26. The molecule has 0 aliphatic heterocycles. The lowest BCUT2D eigenvalue weighted by Gasteiger charge is -2.13. The zero-order valence-corrected chi connectivity index (χ0v) is 18.8. The number of hydrogen-bond donors (Lipinski definition) is 2. The summed E-state index contributed by atoms with van der Waals surface area (Å²) >= 11 is 20.4. The largest absolute Gasteiger partial charge is 0.506 e. The number of hydrogen-bond acceptors (Lipinski definition) is 3. The van der Waals surface area contributed by atoms with Crippen molar-refractivity contribution < 1.29 is 5.11 Å². The second-order valence-electron chi connectivity index (χ2n) is 5.43. The van der Waals surface area contributed by atoms with Crippen molar-refractivity contribution in [1.29, 1.82) is 0 Å². The molecule has 3 aromatic carbocycles. The van der Waals surface area contributed by atoms with E-state index in [0.29, 0.717) is 25.5 Å². The Balaban J connectivity index is 1.78. The zero-order chi connectivity index (χ0) is 18.7. The van der Waals surface area contributed by atoms with Crippen molar-refractivity contribution in [2.45, 2.75) is 16.3 Å². The molecular formula is C19H13Br2Cl2NOS. The first-order valence-electron chi connectivity index (χ1n) is 7.56. The summed E-state index contributed by atoms with van der Waals surface area (Å²) in [6, 6.07) is 17.5. The Morgan fingerprint density at radius 3 is 2.31 bits per heavy atom. The van der Waals surface area contributed by atoms with Gasteiger partial charge < -0.3 is 10.4 Å². The van der Waals surface area contributed by atoms with Gasteiger partial charge in [0.05, 0.1) is 19.0 Å². The number of benzene rings is 3. The van der Waals surface area contributed by atoms with Gasteiger partial charge in [-0.1, -0.05) is 53.2 Å². The van der Waals surface area contributed by atoms with Gasteiger partial charge in [-0.05, 0) is 73.8 Å². The van der Waals surface area contributed by atoms with Crippen molar-refractivity contribution in [3.8, 4) is 5.75 Å². The Bertz CT molecular complexity index is 930. The monoisotopic (exact) mass is 531 g/mol. The highest BCUT2D eigenvalue weighted by atomic mass is 79.9. The Hall–Kier alpha value is -0.850. The van der Waals surface area contributed by atoms with E-state index in [9.17, 15) is 5.11 Å². The van der Waals surface area contributed by atoms with Gasteiger partial charge in [0.25, 0.3) is 0 Å². The van der Waals surface area contributed by atoms with Gasteiger partial charge in [0, 0.05) is 22.0 Å². The number of phenolic OH excluding ortho intramolecular Hbond substituents is 1. The summed E-state index contributed by atoms with van der Waals surface area (Å²) in [6.45, 7) is 0.647. The van der Waals surface area contributed by atoms with Crippen molar-refractivity contribution in [3.63, 3.8) is 0 Å². The summed E-state index contributed by atoms with van der Waals surface area (Å²) in [5.74, 6) is 0.186. The molecule has 0 aromatic heterocycles. The molecule has 0 fully saturated rings. The van der Waals surface area contributed by atoms with Crippen LogP contribution in [0.25, 0.3) is 0 Å². The van der Waals surface area contributed by atoms with E-state index in [0.717, 1.165) is 21.0 Å². The van der Waals surface area contributed by atoms with Gasteiger partial charge in [0.2, 0.25) is 0 Å². The average molecular weight is 534 g/mol. The van der Waals surface area contributed by atoms with Gasteiger partial charge in [-0.15, -0.1) is 0 Å². The molecule has 7 heteroatoms. The topological polar surface area (TPSA) is 32.3 Å². The molecule has 0 bridgehead atoms. The molecule has 2 N–H and O–H groups in total. The highest BCUT2D eigenvalue weighted by molar-refractivity contribution is 9.11. The number of rotatable bonds is 5. The van der Waals surface area contributed by atoms with E-state index >= 15 is 0 Å². The quantitative estimate of drug-likeness (QED) is 0.326. The zero-order valence-electron chi connectivity index (χ0n) is 13.3. The summed E-state index contributed by atoms with van der Waals surface area (Å²) in [6.07, 6.45) is 0. The molecule has 0 saturated heterocycles. The summed E-state index contributed by atoms with van der Waals surface area (Å²) in [5.41, 5.74) is 2.06. The smallest absolute Gasteiger partial charge is 0.144 e. The molecule has 0 atom stereocenters. The highest BCUT2D eigenvalue weighted by Gasteiger charge is 2.08. The minimum atomic E-state index is 0.186. The fraction of sp³-hybridized carbons (Fsp3) is 0.0526. The second-order valence-corrected chi connectivity index (χ2v) is 9.07. The Morgan fingerprint density at radius 2 is 1.62 bits per heavy atom. The predicted molar refractivity (Wildman–Crippen MR) is 118 cm³/mol. The molecule has 0 heterocycles. The third-order valence-electron chi connectivity index (χ3n) is 3.59. The lowest BCUT2D eigenvalue weighted by Crippen LogP contribution is -2.01. The molecule has 0 amide bonds. The summed E-state index contributed by atoms with van der Waals surface area (Å²) in [5, 5.41) is 14.3. The SMILES string of the molecule is Oc1c(Br)cc(NCc2ccccc2Sc2ccc(Cl)c(Cl)c2)cc1Br. The number of anilines is 1. The van der Waals surface area contributed by atoms with Gasteiger partial charge in [-0.3, -0.25) is 0 Å². The van der Waals surface area contributed by atoms with Crippen LogP contribution >= 0.6 is 66.8 Å². The Kier molecular flexibility index (Phi) is 6.81. The minimum absolute atomic E-state index is 0.186. The number of phenols is 1. The van der Waals surface area contributed by atoms with Crippen LogP contribution in [0, 0.1) is 0 Å². The van der Waals surface area contributed by atoms with Crippen LogP contribution in [0.3, 0.4) is 0 Å². The van der Waals surface area contributed by atoms with Crippen LogP contribution in [-0.4, -0.2) is 5.11 Å². The van der Waals surface area contributed by atoms with Crippen molar-refractivity contribution in [2.75, 3.05) is 5.32 Å². The fourth-order valence-corrected chi connectivity index (χ4v) is 4.82. The number of aromatic hydroxyl groups is 1. The normalized spacial score (nSPS) is 10.8. The van der Waals surface area contributed by atoms with E-state index in [4.69, 9.17) is 23.2 Å². The maximum absolute atomic E-state index is 9.82. The summed E-state index contributed by atoms with van der Waals surface area (Å²) in [7, 11) is 0. The van der Waals surface area contributed by atoms with E-state index in [1.807, 2.05) is 36.4 Å². The van der Waals surface area contributed by atoms with Gasteiger partial charge in [-0.25, -0.2) is 0 Å². The molecule has 0 unspecified atom stereocenters. The molecule has 134 valence electrons. The summed E-state index contributed by atoms with van der Waals surface area (Å²) in [4.78, 5) is 2.16. The van der Waals surface area contributed by atoms with Crippen LogP contribution in [0.1, 0.15) is 5.56 Å². The van der Waals surface area contributed by atoms with Crippen LogP contribution in [0.4, 0.5) is 5.69 Å². The highest BCUT2D eigenvalue weighted by Crippen LogP contribution is 2.37. The molecule has 0 aliphatic rings. The van der Waals surface area contributed by atoms with Crippen molar-refractivity contribution in [2.24, 2.45) is 0 Å². The van der Waals surface area contributed by atoms with E-state index in [-0.39, 0.29) is 5.75 Å². The molecule has 3 rings (SSSR count). The third kappa shape index (κ3) is 4.90. The molecule has 2 nitrogen and oxygen atoms in total. The van der Waals surface area contributed by atoms with Crippen LogP contribution < -0.4 is 5.32 Å². The van der Waals surface area contributed by atoms with Gasteiger partial charge in [0.15, 0.2) is 0 Å². The standard InChI is InChI=1S/C19H13Br2Cl2NOS/c20-14-7-12(8-15(21)19(14)25)24-10-11-3-1-2-4-18(11)26-13-5-6-16(22)17(23)9-13/h1-9,24-25H,10H2. The van der Waals surface area contributed by atoms with Crippen LogP contribution in [0.2, 0.25) is 10.0 Å². The fourth-order valence-electron chi connectivity index (χ4n) is 2.28. The predicted octanol–water partition coefficient (Wildman–Crippen LogP) is 7.99. The minimum Gasteiger partial charge on any atom is -0.506 e. The molecule has 26 heavy (non-hydrogen) atoms. The van der Waals surface area contributed by atoms with Gasteiger partial charge in [0.1, 0.15) is 5.75 Å². The van der Waals surface area contributed by atoms with Crippen LogP contribution in [0.5, 0.6) is 5.75 Å². The Labute approximate surface area is 183 Å². The molecule has 3 aromatic rings. The van der Waals surface area contributed by atoms with Gasteiger partial charge >= 0.3 is 0 Å². The Morgan fingerprint density at radius 1 is 0.923 bits per heavy atom. The molecule has 0 aliphatic carbocycles. The lowest BCUT2D eigenvalue weighted by atomic mass is 10.2. The number of nitrogens with one attached hydrogen (secondary N) is 1. The lowest BCUT2D eigenvalue weighted by molar-refractivity contribution is 0.468. The van der Waals surface area contributed by atoms with Crippen molar-refractivity contribution >= 4 is 72.5 Å². The van der Waals surface area contributed by atoms with Gasteiger partial charge in [-0.2, -0.15) is 0 Å². The molecule has 0 radical (unpaired) electrons. The van der Waals surface area contributed by atoms with Crippen molar-refractivity contribution in [3.05, 3.63) is 79.2 Å². The maximum atomic E-state index is 9.82. The molecular weight excluding hydrogens is 521 g/mol. The first kappa shape index (κ1) is 19.9. The molecule has 0 saturated carbocycles. The van der Waals surface area contributed by atoms with Crippen LogP contribution in [-0.2, 0) is 6.54 Å². The van der Waals surface area contributed by atoms with E-state index in [2.05, 4.69) is 49.3 Å². The third-order valence-corrected chi connectivity index (χ3v) is 6.65. The van der Waals surface area contributed by atoms with E-state index in [1.165, 1.54) is 0 Å². The van der Waals surface area contributed by atoms with Crippen molar-refractivity contribution in [1.82, 2.24) is 0 Å². The first-order valence-corrected chi connectivity index (χ1v) is 10.7. The maximum Gasteiger partial charge on any atom is 0.144 e. The van der Waals surface area contributed by atoms with Crippen LogP contribution in [0.15, 0.2) is 73.3 Å². The number of halogens is 4. The average Bonchev–Trinajstić information content (AvgIpc) is 2.62. The van der Waals surface area contributed by atoms with E-state index < -0.39 is 0 Å².